The number of ether oxygens (including phenoxy) is 1. The van der Waals surface area contributed by atoms with Crippen LogP contribution in [0.25, 0.3) is 11.1 Å². The van der Waals surface area contributed by atoms with Crippen LogP contribution in [-0.2, 0) is 4.74 Å². The van der Waals surface area contributed by atoms with Gasteiger partial charge in [-0.1, -0.05) is 48.5 Å². The number of fused-ring (bicyclic) bond motifs is 3. The smallest absolute Gasteiger partial charge is 0.407 e. The van der Waals surface area contributed by atoms with E-state index in [4.69, 9.17) is 10.5 Å². The van der Waals surface area contributed by atoms with Gasteiger partial charge in [-0.05, 0) is 22.3 Å². The lowest BCUT2D eigenvalue weighted by atomic mass is 9.98. The number of halogens is 3. The number of carbonyl (C=O) groups excluding carboxylic acids is 1. The van der Waals surface area contributed by atoms with Gasteiger partial charge < -0.3 is 15.8 Å². The van der Waals surface area contributed by atoms with Crippen molar-refractivity contribution in [3.05, 3.63) is 59.7 Å². The summed E-state index contributed by atoms with van der Waals surface area (Å²) in [5.41, 5.74) is 9.16. The number of alkyl carbamates (subject to hydrolysis) is 1. The van der Waals surface area contributed by atoms with Crippen LogP contribution in [-0.4, -0.2) is 31.5 Å². The molecule has 0 saturated heterocycles. The van der Waals surface area contributed by atoms with Crippen molar-refractivity contribution >= 4 is 6.09 Å². The molecule has 0 saturated carbocycles. The SMILES string of the molecule is NC(CNC(=O)OCC1c2ccccc2-c2ccccc21)C(F)(F)F. The molecule has 3 rings (SSSR count). The number of hydrogen-bond acceptors (Lipinski definition) is 3. The summed E-state index contributed by atoms with van der Waals surface area (Å²) in [4.78, 5) is 11.7. The zero-order valence-electron chi connectivity index (χ0n) is 13.2. The molecule has 0 fully saturated rings. The number of carbonyl (C=O) groups is 1. The van der Waals surface area contributed by atoms with E-state index in [0.717, 1.165) is 22.3 Å². The summed E-state index contributed by atoms with van der Waals surface area (Å²) in [5.74, 6) is -0.144. The van der Waals surface area contributed by atoms with Crippen LogP contribution in [0.4, 0.5) is 18.0 Å². The maximum absolute atomic E-state index is 12.3. The molecule has 0 aromatic heterocycles. The molecule has 4 nitrogen and oxygen atoms in total. The van der Waals surface area contributed by atoms with Gasteiger partial charge in [-0.25, -0.2) is 4.79 Å². The van der Waals surface area contributed by atoms with Crippen LogP contribution in [0.15, 0.2) is 48.5 Å². The van der Waals surface area contributed by atoms with Crippen molar-refractivity contribution in [1.29, 1.82) is 0 Å². The van der Waals surface area contributed by atoms with Gasteiger partial charge in [0.1, 0.15) is 12.6 Å². The molecule has 0 spiro atoms. The summed E-state index contributed by atoms with van der Waals surface area (Å²) >= 11 is 0. The molecule has 0 heterocycles. The van der Waals surface area contributed by atoms with Crippen LogP contribution in [0.2, 0.25) is 0 Å². The minimum Gasteiger partial charge on any atom is -0.449 e. The largest absolute Gasteiger partial charge is 0.449 e. The van der Waals surface area contributed by atoms with E-state index in [9.17, 15) is 18.0 Å². The normalized spacial score (nSPS) is 14.6. The van der Waals surface area contributed by atoms with Gasteiger partial charge in [-0.2, -0.15) is 13.2 Å². The highest BCUT2D eigenvalue weighted by Gasteiger charge is 2.37. The van der Waals surface area contributed by atoms with Crippen LogP contribution >= 0.6 is 0 Å². The number of rotatable bonds is 4. The number of hydrogen-bond donors (Lipinski definition) is 2. The lowest BCUT2D eigenvalue weighted by Crippen LogP contribution is -2.47. The maximum atomic E-state index is 12.3. The first-order chi connectivity index (χ1) is 11.9. The maximum Gasteiger partial charge on any atom is 0.407 e. The lowest BCUT2D eigenvalue weighted by Gasteiger charge is -2.17. The van der Waals surface area contributed by atoms with E-state index in [2.05, 4.69) is 5.32 Å². The zero-order valence-corrected chi connectivity index (χ0v) is 13.2. The second-order valence-corrected chi connectivity index (χ2v) is 5.85. The molecule has 3 N–H and O–H groups in total. The van der Waals surface area contributed by atoms with E-state index in [1.165, 1.54) is 0 Å². The predicted octanol–water partition coefficient (Wildman–Crippen LogP) is 3.41. The Kier molecular flexibility index (Phi) is 4.67. The minimum absolute atomic E-state index is 0.0428. The summed E-state index contributed by atoms with van der Waals surface area (Å²) < 4.78 is 42.2. The number of alkyl halides is 3. The summed E-state index contributed by atoms with van der Waals surface area (Å²) in [7, 11) is 0. The van der Waals surface area contributed by atoms with Gasteiger partial charge >= 0.3 is 12.3 Å². The Morgan fingerprint density at radius 2 is 1.60 bits per heavy atom. The molecule has 0 aliphatic heterocycles. The van der Waals surface area contributed by atoms with E-state index in [-0.39, 0.29) is 12.5 Å². The Hall–Kier alpha value is -2.54. The molecule has 1 aliphatic carbocycles. The van der Waals surface area contributed by atoms with Gasteiger partial charge in [0.05, 0.1) is 0 Å². The Bertz CT molecular complexity index is 731. The summed E-state index contributed by atoms with van der Waals surface area (Å²) in [5, 5.41) is 2.05. The van der Waals surface area contributed by atoms with Crippen LogP contribution in [0.3, 0.4) is 0 Å². The van der Waals surface area contributed by atoms with Gasteiger partial charge in [-0.3, -0.25) is 0 Å². The number of benzene rings is 2. The molecular formula is C18H17F3N2O2. The van der Waals surface area contributed by atoms with Crippen molar-refractivity contribution in [1.82, 2.24) is 5.32 Å². The molecule has 1 unspecified atom stereocenters. The Labute approximate surface area is 142 Å². The molecule has 25 heavy (non-hydrogen) atoms. The van der Waals surface area contributed by atoms with Gasteiger partial charge in [0.2, 0.25) is 0 Å². The van der Waals surface area contributed by atoms with Crippen molar-refractivity contribution in [2.45, 2.75) is 18.1 Å². The average Bonchev–Trinajstić information content (AvgIpc) is 2.91. The number of nitrogens with two attached hydrogens (primary N) is 1. The van der Waals surface area contributed by atoms with E-state index >= 15 is 0 Å². The van der Waals surface area contributed by atoms with Crippen molar-refractivity contribution in [3.63, 3.8) is 0 Å². The Morgan fingerprint density at radius 3 is 2.12 bits per heavy atom. The van der Waals surface area contributed by atoms with Crippen LogP contribution in [0.5, 0.6) is 0 Å². The highest BCUT2D eigenvalue weighted by atomic mass is 19.4. The first-order valence-corrected chi connectivity index (χ1v) is 7.79. The first-order valence-electron chi connectivity index (χ1n) is 7.79. The second kappa shape index (κ2) is 6.76. The third kappa shape index (κ3) is 3.61. The monoisotopic (exact) mass is 350 g/mol. The van der Waals surface area contributed by atoms with Crippen molar-refractivity contribution in [2.24, 2.45) is 5.73 Å². The molecule has 2 aromatic rings. The molecule has 132 valence electrons. The standard InChI is InChI=1S/C18H17F3N2O2/c19-18(20,21)16(22)9-23-17(24)25-10-15-13-7-3-1-5-11(13)12-6-2-4-8-14(12)15/h1-8,15-16H,9-10,22H2,(H,23,24). The van der Waals surface area contributed by atoms with Crippen LogP contribution in [0, 0.1) is 0 Å². The molecule has 0 radical (unpaired) electrons. The minimum atomic E-state index is -4.56. The van der Waals surface area contributed by atoms with Crippen molar-refractivity contribution < 1.29 is 22.7 Å². The molecule has 1 amide bonds. The third-order valence-corrected chi connectivity index (χ3v) is 4.23. The fraction of sp³-hybridized carbons (Fsp3) is 0.278. The molecule has 0 bridgehead atoms. The van der Waals surface area contributed by atoms with Gasteiger partial charge in [0.15, 0.2) is 0 Å². The van der Waals surface area contributed by atoms with E-state index in [0.29, 0.717) is 0 Å². The highest BCUT2D eigenvalue weighted by molar-refractivity contribution is 5.79. The second-order valence-electron chi connectivity index (χ2n) is 5.85. The highest BCUT2D eigenvalue weighted by Crippen LogP contribution is 2.44. The van der Waals surface area contributed by atoms with E-state index in [1.54, 1.807) is 0 Å². The first kappa shape index (κ1) is 17.3. The van der Waals surface area contributed by atoms with Gasteiger partial charge in [0, 0.05) is 12.5 Å². The van der Waals surface area contributed by atoms with Crippen LogP contribution in [0.1, 0.15) is 17.0 Å². The fourth-order valence-electron chi connectivity index (χ4n) is 2.96. The summed E-state index contributed by atoms with van der Waals surface area (Å²) in [6.07, 6.45) is -5.47. The van der Waals surface area contributed by atoms with Gasteiger partial charge in [-0.15, -0.1) is 0 Å². The predicted molar refractivity (Wildman–Crippen MR) is 87.1 cm³/mol. The quantitative estimate of drug-likeness (QED) is 0.888. The molecule has 7 heteroatoms. The molecule has 2 aromatic carbocycles. The number of amides is 1. The molecular weight excluding hydrogens is 333 g/mol. The van der Waals surface area contributed by atoms with Crippen LogP contribution < -0.4 is 11.1 Å². The topological polar surface area (TPSA) is 64.3 Å². The lowest BCUT2D eigenvalue weighted by molar-refractivity contribution is -0.146. The summed E-state index contributed by atoms with van der Waals surface area (Å²) in [6.45, 7) is -0.679. The molecule has 1 atom stereocenters. The van der Waals surface area contributed by atoms with E-state index < -0.39 is 24.9 Å². The van der Waals surface area contributed by atoms with Crippen molar-refractivity contribution in [2.75, 3.05) is 13.2 Å². The van der Waals surface area contributed by atoms with Gasteiger partial charge in [0.25, 0.3) is 0 Å². The number of nitrogens with one attached hydrogen (secondary N) is 1. The zero-order chi connectivity index (χ0) is 18.0. The summed E-state index contributed by atoms with van der Waals surface area (Å²) in [6, 6.07) is 13.5. The average molecular weight is 350 g/mol. The Balaban J connectivity index is 1.65. The van der Waals surface area contributed by atoms with E-state index in [1.807, 2.05) is 48.5 Å². The third-order valence-electron chi connectivity index (χ3n) is 4.23. The Morgan fingerprint density at radius 1 is 1.08 bits per heavy atom. The van der Waals surface area contributed by atoms with Crippen molar-refractivity contribution in [3.8, 4) is 11.1 Å². The fourth-order valence-corrected chi connectivity index (χ4v) is 2.96. The molecule has 1 aliphatic rings.